The van der Waals surface area contributed by atoms with Crippen LogP contribution in [0.4, 0.5) is 0 Å². The van der Waals surface area contributed by atoms with Gasteiger partial charge in [-0.05, 0) is 38.2 Å². The highest BCUT2D eigenvalue weighted by Crippen LogP contribution is 2.24. The minimum atomic E-state index is 0.147. The van der Waals surface area contributed by atoms with Crippen molar-refractivity contribution in [2.24, 2.45) is 0 Å². The van der Waals surface area contributed by atoms with Crippen LogP contribution < -0.4 is 0 Å². The summed E-state index contributed by atoms with van der Waals surface area (Å²) in [7, 11) is 0. The lowest BCUT2D eigenvalue weighted by Gasteiger charge is -2.20. The van der Waals surface area contributed by atoms with Crippen LogP contribution in [-0.2, 0) is 0 Å². The standard InChI is InChI=1S/C14H21NOS/c1-4-11-17-13-10-8-7-9-12(13)14(16)15(5-2)6-3/h7-10H,4-6,11H2,1-3H3. The Balaban J connectivity index is 2.91. The van der Waals surface area contributed by atoms with Gasteiger partial charge in [-0.15, -0.1) is 11.8 Å². The van der Waals surface area contributed by atoms with Crippen LogP contribution in [0.25, 0.3) is 0 Å². The van der Waals surface area contributed by atoms with Crippen LogP contribution in [0.2, 0.25) is 0 Å². The maximum Gasteiger partial charge on any atom is 0.254 e. The van der Waals surface area contributed by atoms with E-state index < -0.39 is 0 Å². The molecule has 3 heteroatoms. The number of hydrogen-bond donors (Lipinski definition) is 0. The van der Waals surface area contributed by atoms with Gasteiger partial charge in [0.15, 0.2) is 0 Å². The first-order valence-corrected chi connectivity index (χ1v) is 7.24. The lowest BCUT2D eigenvalue weighted by molar-refractivity contribution is 0.0769. The van der Waals surface area contributed by atoms with Crippen molar-refractivity contribution in [3.63, 3.8) is 0 Å². The summed E-state index contributed by atoms with van der Waals surface area (Å²) in [5, 5.41) is 0. The third kappa shape index (κ3) is 3.77. The number of hydrogen-bond acceptors (Lipinski definition) is 2. The number of rotatable bonds is 6. The van der Waals surface area contributed by atoms with E-state index in [0.717, 1.165) is 35.7 Å². The molecule has 0 aliphatic heterocycles. The Morgan fingerprint density at radius 1 is 1.18 bits per heavy atom. The summed E-state index contributed by atoms with van der Waals surface area (Å²) in [4.78, 5) is 15.3. The van der Waals surface area contributed by atoms with Gasteiger partial charge in [0, 0.05) is 18.0 Å². The molecule has 1 aromatic carbocycles. The topological polar surface area (TPSA) is 20.3 Å². The first kappa shape index (κ1) is 14.1. The molecule has 0 unspecified atom stereocenters. The molecule has 0 heterocycles. The molecule has 1 aromatic rings. The first-order chi connectivity index (χ1) is 8.24. The molecule has 2 nitrogen and oxygen atoms in total. The van der Waals surface area contributed by atoms with Gasteiger partial charge in [-0.1, -0.05) is 19.1 Å². The van der Waals surface area contributed by atoms with Gasteiger partial charge < -0.3 is 4.90 Å². The number of benzene rings is 1. The Kier molecular flexibility index (Phi) is 6.12. The molecule has 0 aliphatic rings. The van der Waals surface area contributed by atoms with Gasteiger partial charge >= 0.3 is 0 Å². The van der Waals surface area contributed by atoms with E-state index in [2.05, 4.69) is 6.92 Å². The van der Waals surface area contributed by atoms with Crippen molar-refractivity contribution in [1.29, 1.82) is 0 Å². The smallest absolute Gasteiger partial charge is 0.254 e. The van der Waals surface area contributed by atoms with Gasteiger partial charge in [-0.25, -0.2) is 0 Å². The van der Waals surface area contributed by atoms with E-state index in [1.807, 2.05) is 43.0 Å². The molecule has 0 bridgehead atoms. The molecular weight excluding hydrogens is 230 g/mol. The third-order valence-electron chi connectivity index (χ3n) is 2.63. The van der Waals surface area contributed by atoms with Gasteiger partial charge in [0.25, 0.3) is 5.91 Å². The van der Waals surface area contributed by atoms with Gasteiger partial charge in [0.2, 0.25) is 0 Å². The minimum Gasteiger partial charge on any atom is -0.339 e. The van der Waals surface area contributed by atoms with E-state index in [9.17, 15) is 4.79 Å². The Morgan fingerprint density at radius 3 is 2.41 bits per heavy atom. The van der Waals surface area contributed by atoms with Gasteiger partial charge in [-0.2, -0.15) is 0 Å². The number of thioether (sulfide) groups is 1. The zero-order valence-electron chi connectivity index (χ0n) is 10.9. The summed E-state index contributed by atoms with van der Waals surface area (Å²) >= 11 is 1.77. The molecule has 0 N–H and O–H groups in total. The average molecular weight is 251 g/mol. The Hall–Kier alpha value is -0.960. The second kappa shape index (κ2) is 7.38. The maximum atomic E-state index is 12.3. The number of carbonyl (C=O) groups is 1. The molecule has 0 aromatic heterocycles. The van der Waals surface area contributed by atoms with Crippen molar-refractivity contribution in [2.75, 3.05) is 18.8 Å². The molecule has 1 rings (SSSR count). The summed E-state index contributed by atoms with van der Waals surface area (Å²) in [6, 6.07) is 7.90. The van der Waals surface area contributed by atoms with Gasteiger partial charge in [-0.3, -0.25) is 4.79 Å². The highest BCUT2D eigenvalue weighted by Gasteiger charge is 2.15. The fraction of sp³-hybridized carbons (Fsp3) is 0.500. The van der Waals surface area contributed by atoms with E-state index in [-0.39, 0.29) is 5.91 Å². The molecule has 0 atom stereocenters. The maximum absolute atomic E-state index is 12.3. The highest BCUT2D eigenvalue weighted by atomic mass is 32.2. The lowest BCUT2D eigenvalue weighted by Crippen LogP contribution is -2.30. The van der Waals surface area contributed by atoms with Gasteiger partial charge in [0.05, 0.1) is 5.56 Å². The number of nitrogens with zero attached hydrogens (tertiary/aromatic N) is 1. The summed E-state index contributed by atoms with van der Waals surface area (Å²) in [6.45, 7) is 7.72. The molecule has 17 heavy (non-hydrogen) atoms. The molecule has 94 valence electrons. The van der Waals surface area contributed by atoms with E-state index in [1.54, 1.807) is 11.8 Å². The largest absolute Gasteiger partial charge is 0.339 e. The average Bonchev–Trinajstić information content (AvgIpc) is 2.38. The molecule has 0 saturated heterocycles. The van der Waals surface area contributed by atoms with Gasteiger partial charge in [0.1, 0.15) is 0 Å². The summed E-state index contributed by atoms with van der Waals surface area (Å²) in [5.41, 5.74) is 0.842. The third-order valence-corrected chi connectivity index (χ3v) is 3.91. The molecule has 0 radical (unpaired) electrons. The summed E-state index contributed by atoms with van der Waals surface area (Å²) in [5.74, 6) is 1.21. The van der Waals surface area contributed by atoms with E-state index >= 15 is 0 Å². The SMILES string of the molecule is CCCSc1ccccc1C(=O)N(CC)CC. The van der Waals surface area contributed by atoms with Crippen LogP contribution in [0.3, 0.4) is 0 Å². The lowest BCUT2D eigenvalue weighted by atomic mass is 10.2. The fourth-order valence-electron chi connectivity index (χ4n) is 1.66. The number of amides is 1. The second-order valence-corrected chi connectivity index (χ2v) is 4.96. The van der Waals surface area contributed by atoms with Crippen LogP contribution in [0.1, 0.15) is 37.6 Å². The molecule has 0 spiro atoms. The zero-order chi connectivity index (χ0) is 12.7. The Bertz CT molecular complexity index is 361. The summed E-state index contributed by atoms with van der Waals surface area (Å²) < 4.78 is 0. The van der Waals surface area contributed by atoms with Crippen LogP contribution in [0, 0.1) is 0 Å². The van der Waals surface area contributed by atoms with Crippen molar-refractivity contribution in [3.05, 3.63) is 29.8 Å². The van der Waals surface area contributed by atoms with E-state index in [4.69, 9.17) is 0 Å². The van der Waals surface area contributed by atoms with E-state index in [1.165, 1.54) is 0 Å². The first-order valence-electron chi connectivity index (χ1n) is 6.25. The molecule has 1 amide bonds. The molecule has 0 fully saturated rings. The Morgan fingerprint density at radius 2 is 1.82 bits per heavy atom. The fourth-order valence-corrected chi connectivity index (χ4v) is 2.57. The molecular formula is C14H21NOS. The van der Waals surface area contributed by atoms with Crippen molar-refractivity contribution >= 4 is 17.7 Å². The predicted octanol–water partition coefficient (Wildman–Crippen LogP) is 3.67. The van der Waals surface area contributed by atoms with Crippen molar-refractivity contribution in [2.45, 2.75) is 32.1 Å². The Labute approximate surface area is 108 Å². The predicted molar refractivity (Wildman–Crippen MR) is 74.7 cm³/mol. The minimum absolute atomic E-state index is 0.147. The van der Waals surface area contributed by atoms with Crippen LogP contribution in [0.15, 0.2) is 29.2 Å². The van der Waals surface area contributed by atoms with Crippen molar-refractivity contribution < 1.29 is 4.79 Å². The molecule has 0 saturated carbocycles. The normalized spacial score (nSPS) is 10.3. The van der Waals surface area contributed by atoms with Crippen molar-refractivity contribution in [1.82, 2.24) is 4.90 Å². The van der Waals surface area contributed by atoms with Crippen LogP contribution in [0.5, 0.6) is 0 Å². The monoisotopic (exact) mass is 251 g/mol. The summed E-state index contributed by atoms with van der Waals surface area (Å²) in [6.07, 6.45) is 1.12. The number of carbonyl (C=O) groups excluding carboxylic acids is 1. The quantitative estimate of drug-likeness (QED) is 0.719. The zero-order valence-corrected chi connectivity index (χ0v) is 11.7. The van der Waals surface area contributed by atoms with Crippen molar-refractivity contribution in [3.8, 4) is 0 Å². The van der Waals surface area contributed by atoms with Crippen LogP contribution >= 0.6 is 11.8 Å². The van der Waals surface area contributed by atoms with E-state index in [0.29, 0.717) is 0 Å². The van der Waals surface area contributed by atoms with Crippen LogP contribution in [-0.4, -0.2) is 29.6 Å². The highest BCUT2D eigenvalue weighted by molar-refractivity contribution is 7.99. The molecule has 0 aliphatic carbocycles. The second-order valence-electron chi connectivity index (χ2n) is 3.82.